The largest absolute Gasteiger partial charge is 0.348 e. The molecule has 4 rings (SSSR count). The number of carbonyl (C=O) groups excluding carboxylic acids is 1. The second-order valence-corrected chi connectivity index (χ2v) is 5.93. The highest BCUT2D eigenvalue weighted by Crippen LogP contribution is 2.26. The molecule has 2 aromatic rings. The Morgan fingerprint density at radius 2 is 2.30 bits per heavy atom. The standard InChI is InChI=1S/C15H18N4O/c20-15(12-1-2-14-16-4-6-19(14)9-12)17-13-7-11-3-5-18(8-11)10-13/h1-2,4,6,9,11,13H,3,5,7-8,10H2,(H,17,20)/t11-,13+/m0/s1. The lowest BCUT2D eigenvalue weighted by Gasteiger charge is -2.30. The van der Waals surface area contributed by atoms with Crippen molar-refractivity contribution in [3.63, 3.8) is 0 Å². The van der Waals surface area contributed by atoms with Crippen LogP contribution in [0.2, 0.25) is 0 Å². The Bertz CT molecular complexity index is 638. The lowest BCUT2D eigenvalue weighted by atomic mass is 9.96. The molecule has 104 valence electrons. The number of carbonyl (C=O) groups is 1. The zero-order chi connectivity index (χ0) is 13.5. The Labute approximate surface area is 117 Å². The van der Waals surface area contributed by atoms with E-state index >= 15 is 0 Å². The molecule has 2 bridgehead atoms. The molecule has 4 heterocycles. The third kappa shape index (κ3) is 2.08. The maximum absolute atomic E-state index is 12.3. The first-order valence-electron chi connectivity index (χ1n) is 7.24. The van der Waals surface area contributed by atoms with Gasteiger partial charge in [-0.05, 0) is 37.4 Å². The summed E-state index contributed by atoms with van der Waals surface area (Å²) in [5.41, 5.74) is 1.56. The van der Waals surface area contributed by atoms with Crippen LogP contribution in [0, 0.1) is 5.92 Å². The highest BCUT2D eigenvalue weighted by Gasteiger charge is 2.32. The quantitative estimate of drug-likeness (QED) is 0.891. The predicted octanol–water partition coefficient (Wildman–Crippen LogP) is 1.16. The minimum Gasteiger partial charge on any atom is -0.348 e. The third-order valence-electron chi connectivity index (χ3n) is 4.45. The fourth-order valence-corrected chi connectivity index (χ4v) is 3.49. The summed E-state index contributed by atoms with van der Waals surface area (Å²) >= 11 is 0. The molecule has 2 aromatic heterocycles. The number of hydrogen-bond donors (Lipinski definition) is 1. The van der Waals surface area contributed by atoms with E-state index in [9.17, 15) is 4.79 Å². The number of nitrogens with zero attached hydrogens (tertiary/aromatic N) is 3. The van der Waals surface area contributed by atoms with E-state index in [2.05, 4.69) is 15.2 Å². The van der Waals surface area contributed by atoms with Crippen LogP contribution in [0.4, 0.5) is 0 Å². The number of aromatic nitrogens is 2. The fraction of sp³-hybridized carbons (Fsp3) is 0.467. The highest BCUT2D eigenvalue weighted by atomic mass is 16.1. The van der Waals surface area contributed by atoms with E-state index < -0.39 is 0 Å². The average molecular weight is 270 g/mol. The van der Waals surface area contributed by atoms with Crippen molar-refractivity contribution < 1.29 is 4.79 Å². The van der Waals surface area contributed by atoms with Crippen LogP contribution in [0.5, 0.6) is 0 Å². The number of hydrogen-bond acceptors (Lipinski definition) is 3. The van der Waals surface area contributed by atoms with E-state index in [1.54, 1.807) is 6.20 Å². The van der Waals surface area contributed by atoms with Crippen LogP contribution in [0.3, 0.4) is 0 Å². The van der Waals surface area contributed by atoms with Crippen LogP contribution < -0.4 is 5.32 Å². The Hall–Kier alpha value is -1.88. The van der Waals surface area contributed by atoms with Crippen molar-refractivity contribution >= 4 is 11.6 Å². The first-order chi connectivity index (χ1) is 9.78. The zero-order valence-electron chi connectivity index (χ0n) is 11.3. The molecule has 3 atom stereocenters. The van der Waals surface area contributed by atoms with Crippen molar-refractivity contribution in [2.45, 2.75) is 18.9 Å². The Kier molecular flexibility index (Phi) is 2.73. The molecule has 2 saturated heterocycles. The Balaban J connectivity index is 1.49. The van der Waals surface area contributed by atoms with Crippen molar-refractivity contribution in [3.05, 3.63) is 36.3 Å². The van der Waals surface area contributed by atoms with E-state index in [4.69, 9.17) is 0 Å². The third-order valence-corrected chi connectivity index (χ3v) is 4.45. The van der Waals surface area contributed by atoms with E-state index in [1.807, 2.05) is 28.9 Å². The summed E-state index contributed by atoms with van der Waals surface area (Å²) in [6, 6.07) is 4.01. The van der Waals surface area contributed by atoms with Gasteiger partial charge in [-0.25, -0.2) is 4.98 Å². The molecule has 1 amide bonds. The second kappa shape index (κ2) is 4.59. The lowest BCUT2D eigenvalue weighted by molar-refractivity contribution is 0.0909. The van der Waals surface area contributed by atoms with Crippen molar-refractivity contribution in [2.75, 3.05) is 19.6 Å². The molecule has 2 fully saturated rings. The molecule has 2 aliphatic heterocycles. The van der Waals surface area contributed by atoms with E-state index in [-0.39, 0.29) is 5.91 Å². The molecule has 20 heavy (non-hydrogen) atoms. The van der Waals surface area contributed by atoms with Crippen molar-refractivity contribution in [2.24, 2.45) is 5.92 Å². The van der Waals surface area contributed by atoms with Crippen molar-refractivity contribution in [3.8, 4) is 0 Å². The van der Waals surface area contributed by atoms with Crippen LogP contribution in [-0.2, 0) is 0 Å². The van der Waals surface area contributed by atoms with Gasteiger partial charge in [-0.3, -0.25) is 4.79 Å². The van der Waals surface area contributed by atoms with Gasteiger partial charge in [0.2, 0.25) is 0 Å². The van der Waals surface area contributed by atoms with Gasteiger partial charge >= 0.3 is 0 Å². The summed E-state index contributed by atoms with van der Waals surface area (Å²) in [6.45, 7) is 3.40. The minimum absolute atomic E-state index is 0.0214. The van der Waals surface area contributed by atoms with Gasteiger partial charge in [0, 0.05) is 37.7 Å². The summed E-state index contributed by atoms with van der Waals surface area (Å²) in [5, 5.41) is 3.18. The molecule has 0 radical (unpaired) electrons. The summed E-state index contributed by atoms with van der Waals surface area (Å²) < 4.78 is 1.88. The van der Waals surface area contributed by atoms with Crippen LogP contribution in [0.15, 0.2) is 30.7 Å². The molecule has 1 unspecified atom stereocenters. The van der Waals surface area contributed by atoms with Crippen molar-refractivity contribution in [1.29, 1.82) is 0 Å². The van der Waals surface area contributed by atoms with Crippen molar-refractivity contribution in [1.82, 2.24) is 19.6 Å². The Morgan fingerprint density at radius 3 is 3.20 bits per heavy atom. The number of imidazole rings is 1. The first kappa shape index (κ1) is 11.9. The van der Waals surface area contributed by atoms with Crippen LogP contribution >= 0.6 is 0 Å². The highest BCUT2D eigenvalue weighted by molar-refractivity contribution is 5.94. The number of fused-ring (bicyclic) bond motifs is 3. The number of amides is 1. The predicted molar refractivity (Wildman–Crippen MR) is 75.6 cm³/mol. The maximum Gasteiger partial charge on any atom is 0.253 e. The first-order valence-corrected chi connectivity index (χ1v) is 7.24. The summed E-state index contributed by atoms with van der Waals surface area (Å²) in [4.78, 5) is 19.0. The minimum atomic E-state index is 0.0214. The molecule has 1 N–H and O–H groups in total. The monoisotopic (exact) mass is 270 g/mol. The van der Waals surface area contributed by atoms with E-state index in [1.165, 1.54) is 19.5 Å². The molecule has 0 aliphatic carbocycles. The zero-order valence-corrected chi connectivity index (χ0v) is 11.3. The lowest BCUT2D eigenvalue weighted by Crippen LogP contribution is -2.47. The van der Waals surface area contributed by atoms with Crippen LogP contribution in [0.1, 0.15) is 23.2 Å². The maximum atomic E-state index is 12.3. The molecule has 0 saturated carbocycles. The summed E-state index contributed by atoms with van der Waals surface area (Å²) in [6.07, 6.45) is 7.85. The normalized spacial score (nSPS) is 28.7. The topological polar surface area (TPSA) is 49.6 Å². The molecular weight excluding hydrogens is 252 g/mol. The van der Waals surface area contributed by atoms with E-state index in [0.29, 0.717) is 11.6 Å². The molecule has 5 heteroatoms. The van der Waals surface area contributed by atoms with Gasteiger partial charge in [0.1, 0.15) is 5.65 Å². The number of nitrogens with one attached hydrogen (secondary N) is 1. The second-order valence-electron chi connectivity index (χ2n) is 5.93. The number of pyridine rings is 1. The SMILES string of the molecule is O=C(N[C@@H]1C[C@@H]2CCN(C2)C1)c1ccc2nccn2c1. The van der Waals surface area contributed by atoms with E-state index in [0.717, 1.165) is 24.5 Å². The summed E-state index contributed by atoms with van der Waals surface area (Å²) in [7, 11) is 0. The number of rotatable bonds is 2. The Morgan fingerprint density at radius 1 is 1.35 bits per heavy atom. The molecule has 0 spiro atoms. The molecule has 0 aromatic carbocycles. The fourth-order valence-electron chi connectivity index (χ4n) is 3.49. The van der Waals surface area contributed by atoms with Gasteiger partial charge in [-0.15, -0.1) is 0 Å². The average Bonchev–Trinajstić information content (AvgIpc) is 3.04. The molecular formula is C15H18N4O. The molecule has 5 nitrogen and oxygen atoms in total. The van der Waals surface area contributed by atoms with Gasteiger partial charge in [0.05, 0.1) is 5.56 Å². The van der Waals surface area contributed by atoms with Gasteiger partial charge in [0.15, 0.2) is 0 Å². The van der Waals surface area contributed by atoms with Gasteiger partial charge < -0.3 is 14.6 Å². The van der Waals surface area contributed by atoms with Crippen LogP contribution in [-0.4, -0.2) is 45.9 Å². The number of piperidine rings is 1. The van der Waals surface area contributed by atoms with Crippen LogP contribution in [0.25, 0.3) is 5.65 Å². The van der Waals surface area contributed by atoms with Gasteiger partial charge in [-0.1, -0.05) is 0 Å². The molecule has 2 aliphatic rings. The summed E-state index contributed by atoms with van der Waals surface area (Å²) in [5.74, 6) is 0.790. The van der Waals surface area contributed by atoms with Gasteiger partial charge in [-0.2, -0.15) is 0 Å². The van der Waals surface area contributed by atoms with Gasteiger partial charge in [0.25, 0.3) is 5.91 Å². The smallest absolute Gasteiger partial charge is 0.253 e.